The highest BCUT2D eigenvalue weighted by Crippen LogP contribution is 2.49. The fourth-order valence-corrected chi connectivity index (χ4v) is 9.76. The fraction of sp³-hybridized carbons (Fsp3) is 0. The summed E-state index contributed by atoms with van der Waals surface area (Å²) in [4.78, 5) is 0. The van der Waals surface area contributed by atoms with Gasteiger partial charge < -0.3 is 13.6 Å². The largest absolute Gasteiger partial charge is 0.456 e. The van der Waals surface area contributed by atoms with Crippen LogP contribution in [0.4, 0.5) is 0 Å². The van der Waals surface area contributed by atoms with Crippen molar-refractivity contribution in [2.45, 2.75) is 0 Å². The predicted octanol–water partition coefficient (Wildman–Crippen LogP) is 14.2. The summed E-state index contributed by atoms with van der Waals surface area (Å²) in [7, 11) is 0. The van der Waals surface area contributed by atoms with E-state index in [9.17, 15) is 0 Å². The van der Waals surface area contributed by atoms with Crippen LogP contribution in [-0.2, 0) is 0 Å². The van der Waals surface area contributed by atoms with Crippen molar-refractivity contribution in [3.05, 3.63) is 182 Å². The van der Waals surface area contributed by atoms with Gasteiger partial charge in [-0.2, -0.15) is 0 Å². The van der Waals surface area contributed by atoms with Crippen LogP contribution in [0.5, 0.6) is 0 Å². The van der Waals surface area contributed by atoms with Crippen LogP contribution >= 0.6 is 0 Å². The molecule has 0 spiro atoms. The summed E-state index contributed by atoms with van der Waals surface area (Å²) >= 11 is 0. The van der Waals surface area contributed by atoms with Gasteiger partial charge in [0.1, 0.15) is 11.2 Å². The molecule has 0 saturated carbocycles. The van der Waals surface area contributed by atoms with Gasteiger partial charge in [0, 0.05) is 38.3 Å². The molecule has 0 amide bonds. The van der Waals surface area contributed by atoms with Crippen molar-refractivity contribution in [1.29, 1.82) is 0 Å². The Morgan fingerprint density at radius 2 is 1.02 bits per heavy atom. The lowest BCUT2D eigenvalue weighted by atomic mass is 10.0. The summed E-state index contributed by atoms with van der Waals surface area (Å²) in [5.41, 5.74) is 16.4. The van der Waals surface area contributed by atoms with Crippen LogP contribution in [-0.4, -0.2) is 9.13 Å². The average Bonchev–Trinajstić information content (AvgIpc) is 3.98. The number of nitrogens with zero attached hydrogens (tertiary/aromatic N) is 2. The van der Waals surface area contributed by atoms with Gasteiger partial charge in [0.25, 0.3) is 0 Å². The molecule has 0 N–H and O–H groups in total. The molecule has 12 aromatic rings. The zero-order valence-corrected chi connectivity index (χ0v) is 29.6. The Morgan fingerprint density at radius 1 is 0.327 bits per heavy atom. The van der Waals surface area contributed by atoms with Crippen LogP contribution < -0.4 is 0 Å². The Labute approximate surface area is 315 Å². The van der Waals surface area contributed by atoms with Crippen LogP contribution in [0.3, 0.4) is 0 Å². The van der Waals surface area contributed by atoms with Gasteiger partial charge in [-0.25, -0.2) is 0 Å². The molecule has 13 rings (SSSR count). The van der Waals surface area contributed by atoms with Crippen LogP contribution in [0.25, 0.3) is 121 Å². The third-order valence-corrected chi connectivity index (χ3v) is 12.0. The molecule has 3 heterocycles. The molecule has 0 unspecified atom stereocenters. The molecular formula is C52H30N2O. The van der Waals surface area contributed by atoms with Gasteiger partial charge >= 0.3 is 0 Å². The first-order valence-electron chi connectivity index (χ1n) is 18.9. The molecule has 254 valence electrons. The zero-order chi connectivity index (χ0) is 35.8. The van der Waals surface area contributed by atoms with Crippen LogP contribution in [0.15, 0.2) is 186 Å². The number of hydrogen-bond donors (Lipinski definition) is 0. The van der Waals surface area contributed by atoms with E-state index < -0.39 is 0 Å². The van der Waals surface area contributed by atoms with Gasteiger partial charge in [-0.3, -0.25) is 0 Å². The Bertz CT molecular complexity index is 3590. The summed E-state index contributed by atoms with van der Waals surface area (Å²) in [6, 6.07) is 66.5. The monoisotopic (exact) mass is 698 g/mol. The van der Waals surface area contributed by atoms with E-state index in [1.807, 2.05) is 0 Å². The lowest BCUT2D eigenvalue weighted by molar-refractivity contribution is 0.669. The van der Waals surface area contributed by atoms with E-state index in [-0.39, 0.29) is 0 Å². The average molecular weight is 699 g/mol. The molecule has 3 aromatic heterocycles. The second-order valence-electron chi connectivity index (χ2n) is 14.8. The van der Waals surface area contributed by atoms with Gasteiger partial charge in [-0.05, 0) is 98.8 Å². The first kappa shape index (κ1) is 29.1. The molecule has 1 aliphatic carbocycles. The first-order chi connectivity index (χ1) is 27.3. The molecule has 0 radical (unpaired) electrons. The van der Waals surface area contributed by atoms with Crippen molar-refractivity contribution >= 4 is 76.3 Å². The summed E-state index contributed by atoms with van der Waals surface area (Å²) in [5, 5.41) is 9.79. The van der Waals surface area contributed by atoms with E-state index in [1.54, 1.807) is 0 Å². The van der Waals surface area contributed by atoms with Crippen molar-refractivity contribution in [2.24, 2.45) is 0 Å². The Morgan fingerprint density at radius 3 is 1.89 bits per heavy atom. The molecule has 0 aliphatic heterocycles. The van der Waals surface area contributed by atoms with E-state index in [2.05, 4.69) is 191 Å². The zero-order valence-electron chi connectivity index (χ0n) is 29.6. The minimum absolute atomic E-state index is 0.893. The number of benzene rings is 9. The Balaban J connectivity index is 1.18. The van der Waals surface area contributed by atoms with E-state index in [0.717, 1.165) is 38.8 Å². The standard InChI is InChI=1S/C52H30N2O/c1-2-11-31(12-3-1)33-15-8-16-34(29-33)54-51-39(40-26-28-47-50(52(40)54)42-18-5-7-22-46(42)55-47)25-27-45-49(51)41-17-4-6-21-44(41)53(45)35-23-24-36-37-19-9-13-32-14-10-20-38(48(32)37)43(36)30-35/h1-30H. The molecule has 55 heavy (non-hydrogen) atoms. The summed E-state index contributed by atoms with van der Waals surface area (Å²) in [6.45, 7) is 0. The van der Waals surface area contributed by atoms with Crippen molar-refractivity contribution in [1.82, 2.24) is 9.13 Å². The molecule has 0 saturated heterocycles. The molecule has 0 fully saturated rings. The first-order valence-corrected chi connectivity index (χ1v) is 18.9. The maximum absolute atomic E-state index is 6.52. The van der Waals surface area contributed by atoms with Crippen LogP contribution in [0.1, 0.15) is 0 Å². The molecule has 3 nitrogen and oxygen atoms in total. The lowest BCUT2D eigenvalue weighted by Crippen LogP contribution is -1.96. The summed E-state index contributed by atoms with van der Waals surface area (Å²) in [6.07, 6.45) is 0. The minimum Gasteiger partial charge on any atom is -0.456 e. The number of hydrogen-bond acceptors (Lipinski definition) is 1. The van der Waals surface area contributed by atoms with Crippen molar-refractivity contribution in [3.63, 3.8) is 0 Å². The van der Waals surface area contributed by atoms with E-state index >= 15 is 0 Å². The third-order valence-electron chi connectivity index (χ3n) is 12.0. The van der Waals surface area contributed by atoms with Crippen LogP contribution in [0, 0.1) is 0 Å². The smallest absolute Gasteiger partial charge is 0.137 e. The van der Waals surface area contributed by atoms with Gasteiger partial charge in [0.15, 0.2) is 0 Å². The molecule has 1 aliphatic rings. The molecule has 9 aromatic carbocycles. The molecule has 0 bridgehead atoms. The minimum atomic E-state index is 0.893. The highest BCUT2D eigenvalue weighted by Gasteiger charge is 2.26. The number of furan rings is 1. The van der Waals surface area contributed by atoms with Gasteiger partial charge in [-0.15, -0.1) is 0 Å². The second-order valence-corrected chi connectivity index (χ2v) is 14.8. The van der Waals surface area contributed by atoms with E-state index in [1.165, 1.54) is 82.2 Å². The molecule has 0 atom stereocenters. The van der Waals surface area contributed by atoms with E-state index in [0.29, 0.717) is 0 Å². The summed E-state index contributed by atoms with van der Waals surface area (Å²) < 4.78 is 11.5. The van der Waals surface area contributed by atoms with Gasteiger partial charge in [-0.1, -0.05) is 127 Å². The lowest BCUT2D eigenvalue weighted by Gasteiger charge is -2.13. The topological polar surface area (TPSA) is 23.0 Å². The normalized spacial score (nSPS) is 12.4. The Kier molecular flexibility index (Phi) is 5.63. The Hall–Kier alpha value is -7.36. The van der Waals surface area contributed by atoms with Crippen molar-refractivity contribution in [2.75, 3.05) is 0 Å². The SMILES string of the molecule is c1ccc(-c2cccc(-n3c4c(ccc5oc6ccccc6c54)c4ccc5c(c6ccccc6n5-c5ccc6c(c5)-c5cccc7cccc-6c57)c43)c2)cc1. The number of fused-ring (bicyclic) bond motifs is 14. The third kappa shape index (κ3) is 3.84. The van der Waals surface area contributed by atoms with Crippen molar-refractivity contribution in [3.8, 4) is 44.8 Å². The predicted molar refractivity (Wildman–Crippen MR) is 230 cm³/mol. The van der Waals surface area contributed by atoms with Gasteiger partial charge in [0.05, 0.1) is 27.5 Å². The maximum Gasteiger partial charge on any atom is 0.137 e. The second kappa shape index (κ2) is 10.6. The summed E-state index contributed by atoms with van der Waals surface area (Å²) in [5.74, 6) is 0. The number of rotatable bonds is 3. The molecule has 3 heteroatoms. The quantitative estimate of drug-likeness (QED) is 0.180. The maximum atomic E-state index is 6.52. The van der Waals surface area contributed by atoms with E-state index in [4.69, 9.17) is 4.42 Å². The highest BCUT2D eigenvalue weighted by atomic mass is 16.3. The highest BCUT2D eigenvalue weighted by molar-refractivity contribution is 6.31. The fourth-order valence-electron chi connectivity index (χ4n) is 9.76. The molecular weight excluding hydrogens is 669 g/mol. The van der Waals surface area contributed by atoms with Crippen LogP contribution in [0.2, 0.25) is 0 Å². The van der Waals surface area contributed by atoms with Crippen molar-refractivity contribution < 1.29 is 4.42 Å². The number of aromatic nitrogens is 2. The van der Waals surface area contributed by atoms with Gasteiger partial charge in [0.2, 0.25) is 0 Å². The number of para-hydroxylation sites is 2.